The molecular formula is C12H14N2O3. The van der Waals surface area contributed by atoms with E-state index in [1.54, 1.807) is 19.1 Å². The van der Waals surface area contributed by atoms with Gasteiger partial charge in [-0.2, -0.15) is 0 Å². The maximum atomic E-state index is 11.3. The van der Waals surface area contributed by atoms with Crippen molar-refractivity contribution in [1.82, 2.24) is 0 Å². The van der Waals surface area contributed by atoms with Gasteiger partial charge < -0.3 is 0 Å². The number of amides is 1. The van der Waals surface area contributed by atoms with Crippen molar-refractivity contribution in [3.05, 3.63) is 45.1 Å². The van der Waals surface area contributed by atoms with Crippen LogP contribution >= 0.6 is 0 Å². The van der Waals surface area contributed by atoms with Crippen molar-refractivity contribution in [2.24, 2.45) is 4.99 Å². The molecule has 17 heavy (non-hydrogen) atoms. The third-order valence-corrected chi connectivity index (χ3v) is 2.44. The molecule has 0 aromatic carbocycles. The summed E-state index contributed by atoms with van der Waals surface area (Å²) in [5.74, 6) is -0.414. The summed E-state index contributed by atoms with van der Waals surface area (Å²) in [6.45, 7) is 5.68. The maximum Gasteiger partial charge on any atom is 0.277 e. The number of rotatable bonds is 1. The highest BCUT2D eigenvalue weighted by atomic mass is 16.6. The van der Waals surface area contributed by atoms with E-state index >= 15 is 0 Å². The molecule has 0 N–H and O–H groups in total. The van der Waals surface area contributed by atoms with Crippen LogP contribution < -0.4 is 0 Å². The van der Waals surface area contributed by atoms with E-state index in [-0.39, 0.29) is 0 Å². The average Bonchev–Trinajstić information content (AvgIpc) is 2.31. The lowest BCUT2D eigenvalue weighted by molar-refractivity contribution is -0.501. The van der Waals surface area contributed by atoms with Gasteiger partial charge in [-0.3, -0.25) is 14.9 Å². The van der Waals surface area contributed by atoms with Crippen LogP contribution in [0.5, 0.6) is 0 Å². The quantitative estimate of drug-likeness (QED) is 0.515. The second-order valence-electron chi connectivity index (χ2n) is 3.38. The highest BCUT2D eigenvalue weighted by Crippen LogP contribution is 2.29. The van der Waals surface area contributed by atoms with Crippen LogP contribution in [0.2, 0.25) is 0 Å². The Hall–Kier alpha value is -2.04. The number of dihydropyridines is 1. The van der Waals surface area contributed by atoms with Gasteiger partial charge in [-0.1, -0.05) is 19.9 Å². The summed E-state index contributed by atoms with van der Waals surface area (Å²) in [5.41, 5.74) is 1.38. The Bertz CT molecular complexity index is 470. The molecular weight excluding hydrogens is 220 g/mol. The van der Waals surface area contributed by atoms with Gasteiger partial charge in [0.05, 0.1) is 5.57 Å². The van der Waals surface area contributed by atoms with Gasteiger partial charge in [0.1, 0.15) is 0 Å². The summed E-state index contributed by atoms with van der Waals surface area (Å²) < 4.78 is 0. The van der Waals surface area contributed by atoms with Crippen molar-refractivity contribution >= 4 is 12.1 Å². The zero-order chi connectivity index (χ0) is 13.0. The molecule has 2 rings (SSSR count). The molecule has 0 aromatic rings. The highest BCUT2D eigenvalue weighted by Gasteiger charge is 2.35. The second-order valence-corrected chi connectivity index (χ2v) is 3.38. The zero-order valence-electron chi connectivity index (χ0n) is 10.0. The van der Waals surface area contributed by atoms with Crippen LogP contribution in [-0.2, 0) is 4.79 Å². The zero-order valence-corrected chi connectivity index (χ0v) is 10.0. The largest absolute Gasteiger partial charge is 0.277 e. The molecule has 1 amide bonds. The molecule has 90 valence electrons. The van der Waals surface area contributed by atoms with E-state index in [1.807, 2.05) is 13.8 Å². The fraction of sp³-hybridized carbons (Fsp3) is 0.333. The summed E-state index contributed by atoms with van der Waals surface area (Å²) in [5, 5.41) is 10.9. The standard InChI is InChI=1S/C10H8N2O3.C2H6/c1-6-2-3-8-7(9(6)12(14)15)4-5-11-10(8)13;1-2/h2-5,9H,1H3;1-2H3. The third kappa shape index (κ3) is 2.38. The Kier molecular flexibility index (Phi) is 4.09. The van der Waals surface area contributed by atoms with Crippen LogP contribution in [0.1, 0.15) is 20.8 Å². The van der Waals surface area contributed by atoms with E-state index in [2.05, 4.69) is 4.99 Å². The highest BCUT2D eigenvalue weighted by molar-refractivity contribution is 6.08. The molecule has 1 heterocycles. The van der Waals surface area contributed by atoms with Crippen LogP contribution in [0, 0.1) is 10.1 Å². The molecule has 1 unspecified atom stereocenters. The SMILES string of the molecule is CC.CC1=CC=C2C(=O)N=CC=C2C1[N+](=O)[O-]. The lowest BCUT2D eigenvalue weighted by Gasteiger charge is -2.19. The smallest absolute Gasteiger partial charge is 0.267 e. The number of aliphatic imine (C=N–C) groups is 1. The van der Waals surface area contributed by atoms with Crippen molar-refractivity contribution < 1.29 is 9.72 Å². The van der Waals surface area contributed by atoms with Crippen molar-refractivity contribution in [2.75, 3.05) is 0 Å². The number of fused-ring (bicyclic) bond motifs is 1. The van der Waals surface area contributed by atoms with E-state index in [1.165, 1.54) is 12.3 Å². The second kappa shape index (κ2) is 5.34. The summed E-state index contributed by atoms with van der Waals surface area (Å²) in [7, 11) is 0. The molecule has 0 spiro atoms. The normalized spacial score (nSPS) is 21.5. The molecule has 0 bridgehead atoms. The summed E-state index contributed by atoms with van der Waals surface area (Å²) in [6, 6.07) is -0.916. The summed E-state index contributed by atoms with van der Waals surface area (Å²) in [6.07, 6.45) is 6.01. The summed E-state index contributed by atoms with van der Waals surface area (Å²) >= 11 is 0. The van der Waals surface area contributed by atoms with Crippen molar-refractivity contribution in [3.8, 4) is 0 Å². The van der Waals surface area contributed by atoms with E-state index in [4.69, 9.17) is 0 Å². The average molecular weight is 234 g/mol. The molecule has 5 nitrogen and oxygen atoms in total. The first-order valence-corrected chi connectivity index (χ1v) is 5.42. The monoisotopic (exact) mass is 234 g/mol. The predicted octanol–water partition coefficient (Wildman–Crippen LogP) is 2.08. The molecule has 0 saturated carbocycles. The minimum absolute atomic E-state index is 0.324. The van der Waals surface area contributed by atoms with Gasteiger partial charge in [-0.15, -0.1) is 0 Å². The number of hydrogen-bond acceptors (Lipinski definition) is 3. The van der Waals surface area contributed by atoms with E-state index in [9.17, 15) is 14.9 Å². The van der Waals surface area contributed by atoms with Crippen LogP contribution in [0.4, 0.5) is 0 Å². The Morgan fingerprint density at radius 3 is 2.53 bits per heavy atom. The molecule has 1 aliphatic carbocycles. The van der Waals surface area contributed by atoms with E-state index < -0.39 is 16.9 Å². The summed E-state index contributed by atoms with van der Waals surface area (Å²) in [4.78, 5) is 25.4. The van der Waals surface area contributed by atoms with Crippen molar-refractivity contribution in [1.29, 1.82) is 0 Å². The lowest BCUT2D eigenvalue weighted by atomic mass is 9.87. The molecule has 5 heteroatoms. The molecule has 2 aliphatic rings. The first-order chi connectivity index (χ1) is 8.11. The van der Waals surface area contributed by atoms with Crippen LogP contribution in [0.25, 0.3) is 0 Å². The fourth-order valence-electron chi connectivity index (χ4n) is 1.71. The Morgan fingerprint density at radius 1 is 1.29 bits per heavy atom. The molecule has 1 aliphatic heterocycles. The molecule has 0 radical (unpaired) electrons. The van der Waals surface area contributed by atoms with Crippen molar-refractivity contribution in [2.45, 2.75) is 26.8 Å². The Labute approximate surface area is 99.4 Å². The topological polar surface area (TPSA) is 72.6 Å². The van der Waals surface area contributed by atoms with Crippen LogP contribution in [0.3, 0.4) is 0 Å². The third-order valence-electron chi connectivity index (χ3n) is 2.44. The van der Waals surface area contributed by atoms with E-state index in [0.29, 0.717) is 16.7 Å². The van der Waals surface area contributed by atoms with Gasteiger partial charge in [0.2, 0.25) is 0 Å². The van der Waals surface area contributed by atoms with Crippen LogP contribution in [-0.4, -0.2) is 23.1 Å². The molecule has 0 saturated heterocycles. The number of allylic oxidation sites excluding steroid dienone is 3. The van der Waals surface area contributed by atoms with Crippen LogP contribution in [0.15, 0.2) is 39.9 Å². The molecule has 0 aromatic heterocycles. The number of nitrogens with zero attached hydrogens (tertiary/aromatic N) is 2. The first kappa shape index (κ1) is 13.0. The van der Waals surface area contributed by atoms with Gasteiger partial charge in [0.25, 0.3) is 11.9 Å². The van der Waals surface area contributed by atoms with Gasteiger partial charge in [-0.05, 0) is 19.1 Å². The molecule has 0 fully saturated rings. The number of nitro groups is 1. The minimum atomic E-state index is -0.916. The maximum absolute atomic E-state index is 11.3. The van der Waals surface area contributed by atoms with Gasteiger partial charge in [0.15, 0.2) is 0 Å². The minimum Gasteiger partial charge on any atom is -0.267 e. The van der Waals surface area contributed by atoms with Crippen molar-refractivity contribution in [3.63, 3.8) is 0 Å². The molecule has 1 atom stereocenters. The Morgan fingerprint density at radius 2 is 1.94 bits per heavy atom. The lowest BCUT2D eigenvalue weighted by Crippen LogP contribution is -2.29. The first-order valence-electron chi connectivity index (χ1n) is 5.42. The van der Waals surface area contributed by atoms with Gasteiger partial charge >= 0.3 is 0 Å². The number of carbonyl (C=O) groups is 1. The Balaban J connectivity index is 0.000000686. The predicted molar refractivity (Wildman–Crippen MR) is 65.6 cm³/mol. The number of carbonyl (C=O) groups excluding carboxylic acids is 1. The van der Waals surface area contributed by atoms with Gasteiger partial charge in [-0.25, -0.2) is 4.99 Å². The van der Waals surface area contributed by atoms with E-state index in [0.717, 1.165) is 0 Å². The fourth-order valence-corrected chi connectivity index (χ4v) is 1.71. The number of hydrogen-bond donors (Lipinski definition) is 0. The van der Waals surface area contributed by atoms with Gasteiger partial charge in [0, 0.05) is 22.3 Å².